The van der Waals surface area contributed by atoms with Gasteiger partial charge in [-0.05, 0) is 71.1 Å². The fourth-order valence-corrected chi connectivity index (χ4v) is 4.15. The molecule has 4 aromatic carbocycles. The molecule has 0 spiro atoms. The van der Waals surface area contributed by atoms with Gasteiger partial charge in [0.15, 0.2) is 0 Å². The summed E-state index contributed by atoms with van der Waals surface area (Å²) in [5.74, 6) is 0.287. The normalized spacial score (nSPS) is 11.9. The number of hydrogen-bond acceptors (Lipinski definition) is 4. The van der Waals surface area contributed by atoms with Crippen molar-refractivity contribution in [1.29, 1.82) is 0 Å². The Bertz CT molecular complexity index is 1310. The number of aromatic carboxylic acids is 1. The van der Waals surface area contributed by atoms with Crippen LogP contribution < -0.4 is 14.8 Å². The molecule has 5 nitrogen and oxygen atoms in total. The van der Waals surface area contributed by atoms with E-state index in [0.29, 0.717) is 18.9 Å². The number of carbonyl (C=O) groups is 1. The van der Waals surface area contributed by atoms with Gasteiger partial charge in [0.1, 0.15) is 18.1 Å². The highest BCUT2D eigenvalue weighted by molar-refractivity contribution is 5.90. The van der Waals surface area contributed by atoms with Crippen molar-refractivity contribution in [3.8, 4) is 22.6 Å². The second kappa shape index (κ2) is 10.4. The number of methoxy groups -OCH3 is 1. The lowest BCUT2D eigenvalue weighted by Gasteiger charge is -2.17. The highest BCUT2D eigenvalue weighted by Crippen LogP contribution is 2.30. The second-order valence-electron chi connectivity index (χ2n) is 8.33. The first kappa shape index (κ1) is 23.3. The Hall–Kier alpha value is -3.83. The molecule has 34 heavy (non-hydrogen) atoms. The second-order valence-corrected chi connectivity index (χ2v) is 8.33. The van der Waals surface area contributed by atoms with Crippen LogP contribution in [0.15, 0.2) is 78.9 Å². The molecule has 2 N–H and O–H groups in total. The Balaban J connectivity index is 1.46. The van der Waals surface area contributed by atoms with E-state index in [1.54, 1.807) is 19.2 Å². The average Bonchev–Trinajstić information content (AvgIpc) is 2.86. The summed E-state index contributed by atoms with van der Waals surface area (Å²) in [7, 11) is 1.63. The lowest BCUT2D eigenvalue weighted by Crippen LogP contribution is -2.24. The number of benzene rings is 4. The monoisotopic (exact) mass is 455 g/mol. The maximum Gasteiger partial charge on any atom is 0.335 e. The van der Waals surface area contributed by atoms with Crippen LogP contribution in [0.3, 0.4) is 0 Å². The molecule has 0 aromatic heterocycles. The minimum atomic E-state index is -0.992. The Morgan fingerprint density at radius 3 is 2.56 bits per heavy atom. The first-order valence-electron chi connectivity index (χ1n) is 11.3. The molecule has 0 aliphatic heterocycles. The van der Waals surface area contributed by atoms with E-state index in [4.69, 9.17) is 9.47 Å². The average molecular weight is 456 g/mol. The van der Waals surface area contributed by atoms with E-state index in [1.807, 2.05) is 37.3 Å². The third-order valence-corrected chi connectivity index (χ3v) is 6.01. The van der Waals surface area contributed by atoms with Gasteiger partial charge < -0.3 is 19.9 Å². The molecule has 0 bridgehead atoms. The van der Waals surface area contributed by atoms with Gasteiger partial charge in [-0.15, -0.1) is 0 Å². The Morgan fingerprint density at radius 1 is 0.971 bits per heavy atom. The molecule has 0 fully saturated rings. The fourth-order valence-electron chi connectivity index (χ4n) is 4.15. The molecule has 0 radical (unpaired) electrons. The number of ether oxygens (including phenoxy) is 2. The summed E-state index contributed by atoms with van der Waals surface area (Å²) < 4.78 is 11.4. The van der Waals surface area contributed by atoms with Gasteiger partial charge in [-0.2, -0.15) is 0 Å². The van der Waals surface area contributed by atoms with E-state index in [0.717, 1.165) is 22.4 Å². The molecule has 0 saturated carbocycles. The van der Waals surface area contributed by atoms with Crippen molar-refractivity contribution in [2.24, 2.45) is 0 Å². The molecule has 5 heteroatoms. The Kier molecular flexibility index (Phi) is 7.14. The molecular weight excluding hydrogens is 426 g/mol. The molecule has 0 unspecified atom stereocenters. The van der Waals surface area contributed by atoms with Crippen LogP contribution in [0.1, 0.15) is 34.5 Å². The van der Waals surface area contributed by atoms with Crippen LogP contribution in [-0.4, -0.2) is 31.3 Å². The van der Waals surface area contributed by atoms with Crippen molar-refractivity contribution in [2.75, 3.05) is 20.3 Å². The molecule has 0 aliphatic rings. The van der Waals surface area contributed by atoms with E-state index in [2.05, 4.69) is 48.6 Å². The topological polar surface area (TPSA) is 67.8 Å². The van der Waals surface area contributed by atoms with E-state index in [9.17, 15) is 9.90 Å². The smallest absolute Gasteiger partial charge is 0.335 e. The zero-order valence-corrected chi connectivity index (χ0v) is 19.7. The summed E-state index contributed by atoms with van der Waals surface area (Å²) in [4.78, 5) is 11.7. The summed E-state index contributed by atoms with van der Waals surface area (Å²) in [5, 5.41) is 15.6. The molecule has 0 aliphatic carbocycles. The van der Waals surface area contributed by atoms with Crippen LogP contribution in [0.2, 0.25) is 0 Å². The van der Waals surface area contributed by atoms with Crippen LogP contribution in [0.5, 0.6) is 11.5 Å². The largest absolute Gasteiger partial charge is 0.496 e. The number of rotatable bonds is 9. The highest BCUT2D eigenvalue weighted by Gasteiger charge is 2.12. The van der Waals surface area contributed by atoms with Crippen molar-refractivity contribution in [1.82, 2.24) is 5.32 Å². The van der Waals surface area contributed by atoms with Gasteiger partial charge in [0.2, 0.25) is 0 Å². The van der Waals surface area contributed by atoms with Crippen LogP contribution in [0, 0.1) is 6.92 Å². The Morgan fingerprint density at radius 2 is 1.76 bits per heavy atom. The first-order valence-corrected chi connectivity index (χ1v) is 11.3. The Labute approximate surface area is 200 Å². The molecular formula is C29H29NO4. The minimum Gasteiger partial charge on any atom is -0.496 e. The number of fused-ring (bicyclic) bond motifs is 1. The van der Waals surface area contributed by atoms with E-state index >= 15 is 0 Å². The fraction of sp³-hybridized carbons (Fsp3) is 0.207. The van der Waals surface area contributed by atoms with Gasteiger partial charge in [0.05, 0.1) is 12.7 Å². The number of nitrogens with one attached hydrogen (secondary N) is 1. The maximum absolute atomic E-state index is 11.7. The molecule has 4 rings (SSSR count). The molecule has 4 aromatic rings. The summed E-state index contributed by atoms with van der Waals surface area (Å²) in [6.07, 6.45) is 0. The maximum atomic E-state index is 11.7. The van der Waals surface area contributed by atoms with Crippen LogP contribution in [-0.2, 0) is 0 Å². The zero-order valence-electron chi connectivity index (χ0n) is 19.7. The molecule has 0 saturated heterocycles. The van der Waals surface area contributed by atoms with Crippen molar-refractivity contribution in [3.05, 3.63) is 95.6 Å². The van der Waals surface area contributed by atoms with Gasteiger partial charge in [0, 0.05) is 12.6 Å². The SMILES string of the molecule is COc1cc(-c2cc(OCCN[C@H](C)c3cccc4ccccc34)cc(C(=O)O)c2)ccc1C. The predicted octanol–water partition coefficient (Wildman–Crippen LogP) is 6.25. The molecule has 1 atom stereocenters. The quantitative estimate of drug-likeness (QED) is 0.292. The number of carboxylic acids is 1. The number of carboxylic acid groups (broad SMARTS) is 1. The standard InChI is InChI=1S/C29H29NO4/c1-19-11-12-22(18-28(19)33-3)23-15-24(29(31)32)17-25(16-23)34-14-13-30-20(2)26-10-6-8-21-7-4-5-9-27(21)26/h4-12,15-18,20,30H,13-14H2,1-3H3,(H,31,32)/t20-/m1/s1. The molecule has 0 heterocycles. The summed E-state index contributed by atoms with van der Waals surface area (Å²) >= 11 is 0. The lowest BCUT2D eigenvalue weighted by atomic mass is 10.00. The third-order valence-electron chi connectivity index (χ3n) is 6.01. The van der Waals surface area contributed by atoms with E-state index in [-0.39, 0.29) is 11.6 Å². The van der Waals surface area contributed by atoms with Gasteiger partial charge >= 0.3 is 5.97 Å². The van der Waals surface area contributed by atoms with Gasteiger partial charge in [0.25, 0.3) is 0 Å². The van der Waals surface area contributed by atoms with Crippen molar-refractivity contribution >= 4 is 16.7 Å². The van der Waals surface area contributed by atoms with E-state index in [1.165, 1.54) is 16.3 Å². The van der Waals surface area contributed by atoms with Crippen LogP contribution >= 0.6 is 0 Å². The van der Waals surface area contributed by atoms with E-state index < -0.39 is 5.97 Å². The summed E-state index contributed by atoms with van der Waals surface area (Å²) in [5.41, 5.74) is 4.08. The third kappa shape index (κ3) is 5.21. The van der Waals surface area contributed by atoms with Crippen molar-refractivity contribution in [3.63, 3.8) is 0 Å². The van der Waals surface area contributed by atoms with Gasteiger partial charge in [-0.1, -0.05) is 54.6 Å². The van der Waals surface area contributed by atoms with Crippen LogP contribution in [0.25, 0.3) is 21.9 Å². The first-order chi connectivity index (χ1) is 16.5. The predicted molar refractivity (Wildman–Crippen MR) is 136 cm³/mol. The van der Waals surface area contributed by atoms with Crippen molar-refractivity contribution < 1.29 is 19.4 Å². The summed E-state index contributed by atoms with van der Waals surface area (Å²) in [6.45, 7) is 5.14. The minimum absolute atomic E-state index is 0.149. The number of hydrogen-bond donors (Lipinski definition) is 2. The van der Waals surface area contributed by atoms with Gasteiger partial charge in [-0.25, -0.2) is 4.79 Å². The summed E-state index contributed by atoms with van der Waals surface area (Å²) in [6, 6.07) is 25.7. The molecule has 174 valence electrons. The molecule has 0 amide bonds. The number of aryl methyl sites for hydroxylation is 1. The zero-order chi connectivity index (χ0) is 24.1. The lowest BCUT2D eigenvalue weighted by molar-refractivity contribution is 0.0696. The van der Waals surface area contributed by atoms with Gasteiger partial charge in [-0.3, -0.25) is 0 Å². The van der Waals surface area contributed by atoms with Crippen LogP contribution in [0.4, 0.5) is 0 Å². The van der Waals surface area contributed by atoms with Crippen molar-refractivity contribution in [2.45, 2.75) is 19.9 Å². The highest BCUT2D eigenvalue weighted by atomic mass is 16.5.